The lowest BCUT2D eigenvalue weighted by Crippen LogP contribution is -2.44. The van der Waals surface area contributed by atoms with Crippen LogP contribution in [-0.4, -0.2) is 51.3 Å². The summed E-state index contributed by atoms with van der Waals surface area (Å²) in [6, 6.07) is 0.301. The van der Waals surface area contributed by atoms with E-state index in [9.17, 15) is 9.90 Å². The van der Waals surface area contributed by atoms with Crippen molar-refractivity contribution in [2.24, 2.45) is 5.92 Å². The first-order valence-corrected chi connectivity index (χ1v) is 8.72. The van der Waals surface area contributed by atoms with Crippen molar-refractivity contribution in [3.05, 3.63) is 11.7 Å². The van der Waals surface area contributed by atoms with E-state index in [1.165, 1.54) is 12.8 Å². The first kappa shape index (κ1) is 15.1. The number of hydrogen-bond donors (Lipinski definition) is 2. The van der Waals surface area contributed by atoms with Crippen LogP contribution in [0.5, 0.6) is 0 Å². The Bertz CT molecular complexity index is 559. The van der Waals surface area contributed by atoms with Gasteiger partial charge >= 0.3 is 0 Å². The summed E-state index contributed by atoms with van der Waals surface area (Å²) < 4.78 is 5.32. The molecule has 0 spiro atoms. The fraction of sp³-hybridized carbons (Fsp3) is 0.812. The Hall–Kier alpha value is -1.47. The molecule has 2 saturated carbocycles. The minimum atomic E-state index is -0.873. The van der Waals surface area contributed by atoms with E-state index >= 15 is 0 Å². The molecule has 2 heterocycles. The smallest absolute Gasteiger partial charge is 0.249 e. The molecule has 4 rings (SSSR count). The van der Waals surface area contributed by atoms with Crippen LogP contribution in [-0.2, 0) is 11.3 Å². The molecule has 1 aromatic rings. The van der Waals surface area contributed by atoms with Gasteiger partial charge in [0.2, 0.25) is 11.8 Å². The number of amides is 1. The van der Waals surface area contributed by atoms with Crippen LogP contribution in [0, 0.1) is 5.92 Å². The lowest BCUT2D eigenvalue weighted by molar-refractivity contribution is -0.133. The molecule has 1 aromatic heterocycles. The van der Waals surface area contributed by atoms with E-state index in [4.69, 9.17) is 4.52 Å². The van der Waals surface area contributed by atoms with E-state index in [0.29, 0.717) is 24.4 Å². The molecule has 0 aromatic carbocycles. The highest BCUT2D eigenvalue weighted by atomic mass is 16.5. The Morgan fingerprint density at radius 3 is 2.65 bits per heavy atom. The maximum atomic E-state index is 11.9. The first-order valence-electron chi connectivity index (χ1n) is 8.72. The maximum Gasteiger partial charge on any atom is 0.249 e. The zero-order valence-corrected chi connectivity index (χ0v) is 13.3. The standard InChI is InChI=1S/C16H24N4O3/c21-14(16(22)17-12-3-4-12)10-5-7-20(8-6-10)9-13-18-15(19-23-13)11-1-2-11/h10-12,14,21H,1-9H2,(H,17,22)/t14-/m1/s1. The summed E-state index contributed by atoms with van der Waals surface area (Å²) in [5.74, 6) is 1.89. The minimum absolute atomic E-state index is 0.0507. The molecule has 2 aliphatic carbocycles. The van der Waals surface area contributed by atoms with Crippen molar-refractivity contribution in [1.29, 1.82) is 0 Å². The van der Waals surface area contributed by atoms with Crippen LogP contribution in [0.1, 0.15) is 56.2 Å². The van der Waals surface area contributed by atoms with Crippen molar-refractivity contribution in [2.75, 3.05) is 13.1 Å². The summed E-state index contributed by atoms with van der Waals surface area (Å²) in [5, 5.41) is 17.1. The summed E-state index contributed by atoms with van der Waals surface area (Å²) in [4.78, 5) is 18.6. The minimum Gasteiger partial charge on any atom is -0.383 e. The highest BCUT2D eigenvalue weighted by Crippen LogP contribution is 2.38. The van der Waals surface area contributed by atoms with E-state index in [0.717, 1.165) is 44.6 Å². The Balaban J connectivity index is 1.24. The van der Waals surface area contributed by atoms with Crippen molar-refractivity contribution >= 4 is 5.91 Å². The molecule has 1 saturated heterocycles. The summed E-state index contributed by atoms with van der Waals surface area (Å²) in [7, 11) is 0. The molecule has 1 aliphatic heterocycles. The third kappa shape index (κ3) is 3.72. The summed E-state index contributed by atoms with van der Waals surface area (Å²) in [6.45, 7) is 2.36. The van der Waals surface area contributed by atoms with Gasteiger partial charge in [0.05, 0.1) is 6.54 Å². The predicted octanol–water partition coefficient (Wildman–Crippen LogP) is 0.798. The molecule has 3 aliphatic rings. The van der Waals surface area contributed by atoms with Gasteiger partial charge in [-0.05, 0) is 57.5 Å². The average Bonchev–Trinajstić information content (AvgIpc) is 3.49. The molecule has 7 nitrogen and oxygen atoms in total. The Morgan fingerprint density at radius 1 is 1.26 bits per heavy atom. The Labute approximate surface area is 135 Å². The van der Waals surface area contributed by atoms with Crippen molar-refractivity contribution in [1.82, 2.24) is 20.4 Å². The monoisotopic (exact) mass is 320 g/mol. The van der Waals surface area contributed by atoms with Crippen LogP contribution in [0.2, 0.25) is 0 Å². The molecule has 2 N–H and O–H groups in total. The molecule has 1 atom stereocenters. The Morgan fingerprint density at radius 2 is 2.00 bits per heavy atom. The van der Waals surface area contributed by atoms with Gasteiger partial charge in [-0.15, -0.1) is 0 Å². The molecular formula is C16H24N4O3. The average molecular weight is 320 g/mol. The third-order valence-corrected chi connectivity index (χ3v) is 5.06. The highest BCUT2D eigenvalue weighted by Gasteiger charge is 2.33. The van der Waals surface area contributed by atoms with Gasteiger partial charge in [-0.2, -0.15) is 4.98 Å². The predicted molar refractivity (Wildman–Crippen MR) is 81.4 cm³/mol. The molecule has 1 amide bonds. The summed E-state index contributed by atoms with van der Waals surface area (Å²) >= 11 is 0. The van der Waals surface area contributed by atoms with Crippen LogP contribution < -0.4 is 5.32 Å². The molecule has 7 heteroatoms. The number of likely N-dealkylation sites (tertiary alicyclic amines) is 1. The van der Waals surface area contributed by atoms with Crippen LogP contribution in [0.3, 0.4) is 0 Å². The van der Waals surface area contributed by atoms with Crippen molar-refractivity contribution in [2.45, 2.75) is 63.1 Å². The van der Waals surface area contributed by atoms with E-state index < -0.39 is 6.10 Å². The molecule has 0 bridgehead atoms. The lowest BCUT2D eigenvalue weighted by Gasteiger charge is -2.32. The van der Waals surface area contributed by atoms with Gasteiger partial charge < -0.3 is 14.9 Å². The number of piperidine rings is 1. The van der Waals surface area contributed by atoms with Crippen LogP contribution >= 0.6 is 0 Å². The van der Waals surface area contributed by atoms with Gasteiger partial charge in [0, 0.05) is 12.0 Å². The van der Waals surface area contributed by atoms with Crippen molar-refractivity contribution in [3.8, 4) is 0 Å². The van der Waals surface area contributed by atoms with Gasteiger partial charge in [-0.25, -0.2) is 0 Å². The van der Waals surface area contributed by atoms with Crippen LogP contribution in [0.25, 0.3) is 0 Å². The van der Waals surface area contributed by atoms with E-state index in [2.05, 4.69) is 20.4 Å². The van der Waals surface area contributed by atoms with E-state index in [1.54, 1.807) is 0 Å². The van der Waals surface area contributed by atoms with Gasteiger partial charge in [-0.1, -0.05) is 5.16 Å². The fourth-order valence-corrected chi connectivity index (χ4v) is 3.19. The zero-order chi connectivity index (χ0) is 15.8. The lowest BCUT2D eigenvalue weighted by atomic mass is 9.90. The maximum absolute atomic E-state index is 11.9. The number of aliphatic hydroxyl groups is 1. The van der Waals surface area contributed by atoms with Gasteiger partial charge in [-0.3, -0.25) is 9.69 Å². The molecule has 0 radical (unpaired) electrons. The second-order valence-corrected chi connectivity index (χ2v) is 7.16. The number of rotatable bonds is 6. The zero-order valence-electron chi connectivity index (χ0n) is 13.3. The van der Waals surface area contributed by atoms with E-state index in [-0.39, 0.29) is 11.8 Å². The van der Waals surface area contributed by atoms with Crippen LogP contribution in [0.4, 0.5) is 0 Å². The summed E-state index contributed by atoms with van der Waals surface area (Å²) in [6.07, 6.45) is 5.21. The van der Waals surface area contributed by atoms with Gasteiger partial charge in [0.25, 0.3) is 0 Å². The molecule has 3 fully saturated rings. The summed E-state index contributed by atoms with van der Waals surface area (Å²) in [5.41, 5.74) is 0. The highest BCUT2D eigenvalue weighted by molar-refractivity contribution is 5.81. The van der Waals surface area contributed by atoms with Gasteiger partial charge in [0.15, 0.2) is 5.82 Å². The van der Waals surface area contributed by atoms with Crippen molar-refractivity contribution in [3.63, 3.8) is 0 Å². The number of nitrogens with one attached hydrogen (secondary N) is 1. The number of aliphatic hydroxyl groups excluding tert-OH is 1. The SMILES string of the molecule is O=C(NC1CC1)[C@H](O)C1CCN(Cc2nc(C3CC3)no2)CC1. The topological polar surface area (TPSA) is 91.5 Å². The Kier molecular flexibility index (Phi) is 4.07. The fourth-order valence-electron chi connectivity index (χ4n) is 3.19. The molecule has 126 valence electrons. The molecular weight excluding hydrogens is 296 g/mol. The number of aromatic nitrogens is 2. The van der Waals surface area contributed by atoms with E-state index in [1.807, 2.05) is 0 Å². The third-order valence-electron chi connectivity index (χ3n) is 5.06. The van der Waals surface area contributed by atoms with Gasteiger partial charge in [0.1, 0.15) is 6.10 Å². The second kappa shape index (κ2) is 6.20. The molecule has 23 heavy (non-hydrogen) atoms. The molecule has 0 unspecified atom stereocenters. The largest absolute Gasteiger partial charge is 0.383 e. The normalized spacial score (nSPS) is 24.6. The van der Waals surface area contributed by atoms with Crippen molar-refractivity contribution < 1.29 is 14.4 Å². The quantitative estimate of drug-likeness (QED) is 0.805. The first-order chi connectivity index (χ1) is 11.2. The number of carbonyl (C=O) groups excluding carboxylic acids is 1. The number of nitrogens with zero attached hydrogens (tertiary/aromatic N) is 3. The number of carbonyl (C=O) groups is 1. The second-order valence-electron chi connectivity index (χ2n) is 7.16. The van der Waals surface area contributed by atoms with Crippen LogP contribution in [0.15, 0.2) is 4.52 Å². The number of hydrogen-bond acceptors (Lipinski definition) is 6.